The first kappa shape index (κ1) is 16.1. The largest absolute Gasteiger partial charge is 0.395 e. The molecule has 0 aromatic heterocycles. The Kier molecular flexibility index (Phi) is 6.95. The van der Waals surface area contributed by atoms with Crippen LogP contribution in [0.4, 0.5) is 0 Å². The molecule has 0 aliphatic rings. The van der Waals surface area contributed by atoms with Crippen LogP contribution in [0.2, 0.25) is 0 Å². The number of hydrogen-bond acceptors (Lipinski definition) is 3. The number of carbonyl (C=O) groups is 1. The van der Waals surface area contributed by atoms with E-state index in [-0.39, 0.29) is 18.6 Å². The smallest absolute Gasteiger partial charge is 0.232 e. The zero-order valence-corrected chi connectivity index (χ0v) is 12.7. The van der Waals surface area contributed by atoms with Crippen molar-refractivity contribution in [3.05, 3.63) is 35.4 Å². The number of rotatable bonds is 7. The predicted octanol–water partition coefficient (Wildman–Crippen LogP) is 2.46. The van der Waals surface area contributed by atoms with Gasteiger partial charge in [0.2, 0.25) is 5.91 Å². The van der Waals surface area contributed by atoms with E-state index in [1.807, 2.05) is 13.8 Å². The Hall–Kier alpha value is -1.00. The van der Waals surface area contributed by atoms with Crippen LogP contribution in [0.5, 0.6) is 0 Å². The van der Waals surface area contributed by atoms with Crippen LogP contribution < -0.4 is 0 Å². The standard InChI is InChI=1S/C15H23NO2S/c1-12(2)16(8-9-17)15(18)11-19-10-14-6-4-13(3)5-7-14/h4-7,12,17H,8-11H2,1-3H3. The third-order valence-electron chi connectivity index (χ3n) is 2.90. The van der Waals surface area contributed by atoms with Crippen LogP contribution in [0.3, 0.4) is 0 Å². The number of thioether (sulfide) groups is 1. The van der Waals surface area contributed by atoms with Crippen LogP contribution in [0.15, 0.2) is 24.3 Å². The fourth-order valence-corrected chi connectivity index (χ4v) is 2.67. The Labute approximate surface area is 120 Å². The molecule has 0 aliphatic carbocycles. The molecule has 1 rings (SSSR count). The van der Waals surface area contributed by atoms with E-state index in [1.165, 1.54) is 11.1 Å². The quantitative estimate of drug-likeness (QED) is 0.834. The van der Waals surface area contributed by atoms with E-state index in [0.29, 0.717) is 12.3 Å². The van der Waals surface area contributed by atoms with E-state index in [9.17, 15) is 4.79 Å². The second-order valence-corrected chi connectivity index (χ2v) is 5.87. The molecule has 19 heavy (non-hydrogen) atoms. The first-order valence-corrected chi connectivity index (χ1v) is 7.73. The Morgan fingerprint density at radius 3 is 2.47 bits per heavy atom. The SMILES string of the molecule is Cc1ccc(CSCC(=O)N(CCO)C(C)C)cc1. The lowest BCUT2D eigenvalue weighted by Gasteiger charge is -2.25. The van der Waals surface area contributed by atoms with Crippen molar-refractivity contribution in [1.29, 1.82) is 0 Å². The van der Waals surface area contributed by atoms with Crippen molar-refractivity contribution in [2.75, 3.05) is 18.9 Å². The molecule has 0 radical (unpaired) electrons. The van der Waals surface area contributed by atoms with Gasteiger partial charge in [0.25, 0.3) is 0 Å². The number of nitrogens with zero attached hydrogens (tertiary/aromatic N) is 1. The molecule has 0 fully saturated rings. The van der Waals surface area contributed by atoms with Gasteiger partial charge in [0, 0.05) is 18.3 Å². The summed E-state index contributed by atoms with van der Waals surface area (Å²) in [5, 5.41) is 8.96. The minimum Gasteiger partial charge on any atom is -0.395 e. The fraction of sp³-hybridized carbons (Fsp3) is 0.533. The van der Waals surface area contributed by atoms with Gasteiger partial charge in [-0.1, -0.05) is 29.8 Å². The zero-order valence-electron chi connectivity index (χ0n) is 11.9. The maximum Gasteiger partial charge on any atom is 0.232 e. The molecule has 1 aromatic carbocycles. The molecule has 1 N–H and O–H groups in total. The maximum absolute atomic E-state index is 12.0. The molecule has 0 unspecified atom stereocenters. The number of amides is 1. The lowest BCUT2D eigenvalue weighted by atomic mass is 10.2. The Bertz CT molecular complexity index is 390. The molecule has 0 spiro atoms. The van der Waals surface area contributed by atoms with Crippen molar-refractivity contribution in [3.8, 4) is 0 Å². The Morgan fingerprint density at radius 2 is 1.95 bits per heavy atom. The van der Waals surface area contributed by atoms with E-state index < -0.39 is 0 Å². The van der Waals surface area contributed by atoms with Crippen LogP contribution in [0.25, 0.3) is 0 Å². The molecule has 0 saturated carbocycles. The monoisotopic (exact) mass is 281 g/mol. The van der Waals surface area contributed by atoms with Gasteiger partial charge in [-0.25, -0.2) is 0 Å². The second-order valence-electron chi connectivity index (χ2n) is 4.88. The summed E-state index contributed by atoms with van der Waals surface area (Å²) in [6.45, 7) is 6.44. The summed E-state index contributed by atoms with van der Waals surface area (Å²) in [7, 11) is 0. The van der Waals surface area contributed by atoms with Gasteiger partial charge in [-0.2, -0.15) is 0 Å². The number of benzene rings is 1. The number of carbonyl (C=O) groups excluding carboxylic acids is 1. The number of hydrogen-bond donors (Lipinski definition) is 1. The van der Waals surface area contributed by atoms with E-state index in [0.717, 1.165) is 5.75 Å². The van der Waals surface area contributed by atoms with E-state index >= 15 is 0 Å². The van der Waals surface area contributed by atoms with Gasteiger partial charge >= 0.3 is 0 Å². The van der Waals surface area contributed by atoms with Gasteiger partial charge in [0.15, 0.2) is 0 Å². The van der Waals surface area contributed by atoms with Gasteiger partial charge < -0.3 is 10.0 Å². The second kappa shape index (κ2) is 8.23. The first-order chi connectivity index (χ1) is 9.04. The van der Waals surface area contributed by atoms with Crippen molar-refractivity contribution >= 4 is 17.7 Å². The molecular formula is C15H23NO2S. The van der Waals surface area contributed by atoms with Crippen LogP contribution in [-0.2, 0) is 10.5 Å². The van der Waals surface area contributed by atoms with Crippen LogP contribution in [0, 0.1) is 6.92 Å². The minimum atomic E-state index is 0.0204. The van der Waals surface area contributed by atoms with Crippen molar-refractivity contribution in [2.24, 2.45) is 0 Å². The van der Waals surface area contributed by atoms with Crippen molar-refractivity contribution < 1.29 is 9.90 Å². The highest BCUT2D eigenvalue weighted by atomic mass is 32.2. The van der Waals surface area contributed by atoms with Crippen LogP contribution in [-0.4, -0.2) is 40.9 Å². The summed E-state index contributed by atoms with van der Waals surface area (Å²) in [4.78, 5) is 13.7. The Morgan fingerprint density at radius 1 is 1.32 bits per heavy atom. The average molecular weight is 281 g/mol. The third-order valence-corrected chi connectivity index (χ3v) is 3.89. The molecule has 0 aliphatic heterocycles. The average Bonchev–Trinajstić information content (AvgIpc) is 2.37. The fourth-order valence-electron chi connectivity index (χ4n) is 1.80. The molecule has 4 heteroatoms. The van der Waals surface area contributed by atoms with Crippen molar-refractivity contribution in [1.82, 2.24) is 4.90 Å². The zero-order chi connectivity index (χ0) is 14.3. The van der Waals surface area contributed by atoms with Gasteiger partial charge in [-0.15, -0.1) is 11.8 Å². The normalized spacial score (nSPS) is 10.8. The highest BCUT2D eigenvalue weighted by molar-refractivity contribution is 7.99. The van der Waals surface area contributed by atoms with Crippen LogP contribution in [0.1, 0.15) is 25.0 Å². The molecule has 1 aromatic rings. The summed E-state index contributed by atoms with van der Waals surface area (Å²) in [6.07, 6.45) is 0. The first-order valence-electron chi connectivity index (χ1n) is 6.58. The minimum absolute atomic E-state index is 0.0204. The molecule has 0 bridgehead atoms. The number of aryl methyl sites for hydroxylation is 1. The van der Waals surface area contributed by atoms with Gasteiger partial charge in [0.1, 0.15) is 0 Å². The lowest BCUT2D eigenvalue weighted by Crippen LogP contribution is -2.40. The summed E-state index contributed by atoms with van der Waals surface area (Å²) < 4.78 is 0. The van der Waals surface area contributed by atoms with Gasteiger partial charge in [-0.05, 0) is 26.3 Å². The van der Waals surface area contributed by atoms with Gasteiger partial charge in [0.05, 0.1) is 12.4 Å². The van der Waals surface area contributed by atoms with E-state index in [2.05, 4.69) is 31.2 Å². The highest BCUT2D eigenvalue weighted by Crippen LogP contribution is 2.14. The molecule has 0 atom stereocenters. The summed E-state index contributed by atoms with van der Waals surface area (Å²) in [5.41, 5.74) is 2.49. The molecule has 106 valence electrons. The maximum atomic E-state index is 12.0. The lowest BCUT2D eigenvalue weighted by molar-refractivity contribution is -0.130. The van der Waals surface area contributed by atoms with E-state index in [4.69, 9.17) is 5.11 Å². The topological polar surface area (TPSA) is 40.5 Å². The summed E-state index contributed by atoms with van der Waals surface area (Å²) in [6, 6.07) is 8.51. The number of aliphatic hydroxyl groups excluding tert-OH is 1. The van der Waals surface area contributed by atoms with E-state index in [1.54, 1.807) is 16.7 Å². The van der Waals surface area contributed by atoms with Gasteiger partial charge in [-0.3, -0.25) is 4.79 Å². The van der Waals surface area contributed by atoms with Crippen LogP contribution >= 0.6 is 11.8 Å². The molecule has 0 saturated heterocycles. The Balaban J connectivity index is 2.39. The molecular weight excluding hydrogens is 258 g/mol. The predicted molar refractivity (Wildman–Crippen MR) is 81.3 cm³/mol. The summed E-state index contributed by atoms with van der Waals surface area (Å²) in [5.74, 6) is 1.41. The third kappa shape index (κ3) is 5.66. The van der Waals surface area contributed by atoms with Crippen molar-refractivity contribution in [2.45, 2.75) is 32.6 Å². The highest BCUT2D eigenvalue weighted by Gasteiger charge is 2.15. The van der Waals surface area contributed by atoms with Crippen molar-refractivity contribution in [3.63, 3.8) is 0 Å². The number of aliphatic hydroxyl groups is 1. The molecule has 3 nitrogen and oxygen atoms in total. The summed E-state index contributed by atoms with van der Waals surface area (Å²) >= 11 is 1.62. The molecule has 1 amide bonds. The molecule has 0 heterocycles.